The van der Waals surface area contributed by atoms with Gasteiger partial charge in [-0.25, -0.2) is 9.78 Å². The van der Waals surface area contributed by atoms with Crippen molar-refractivity contribution in [3.63, 3.8) is 0 Å². The van der Waals surface area contributed by atoms with E-state index in [1.165, 1.54) is 0 Å². The highest BCUT2D eigenvalue weighted by Crippen LogP contribution is 2.28. The zero-order chi connectivity index (χ0) is 28.4. The van der Waals surface area contributed by atoms with Crippen molar-refractivity contribution in [1.82, 2.24) is 9.55 Å². The Hall–Kier alpha value is -4.71. The number of hydrogen-bond donors (Lipinski definition) is 2. The lowest BCUT2D eigenvalue weighted by molar-refractivity contribution is 0.0697. The van der Waals surface area contributed by atoms with Crippen molar-refractivity contribution in [1.29, 1.82) is 5.41 Å². The van der Waals surface area contributed by atoms with E-state index in [-0.39, 0.29) is 0 Å². The number of benzene rings is 4. The third-order valence-electron chi connectivity index (χ3n) is 7.45. The number of rotatable bonds is 8. The highest BCUT2D eigenvalue weighted by Gasteiger charge is 2.18. The summed E-state index contributed by atoms with van der Waals surface area (Å²) in [6.45, 7) is 6.92. The average Bonchev–Trinajstić information content (AvgIpc) is 3.30. The number of carboxylic acids is 1. The predicted octanol–water partition coefficient (Wildman–Crippen LogP) is 7.48. The Kier molecular flexibility index (Phi) is 7.52. The minimum absolute atomic E-state index is 0.294. The predicted molar refractivity (Wildman–Crippen MR) is 163 cm³/mol. The second-order valence-corrected chi connectivity index (χ2v) is 10.3. The Balaban J connectivity index is 1.52. The smallest absolute Gasteiger partial charge is 0.336 e. The van der Waals surface area contributed by atoms with E-state index in [1.54, 1.807) is 12.1 Å². The number of aromatic carboxylic acids is 1. The normalized spacial score (nSPS) is 11.1. The van der Waals surface area contributed by atoms with Crippen LogP contribution in [0.3, 0.4) is 0 Å². The summed E-state index contributed by atoms with van der Waals surface area (Å²) in [5.41, 5.74) is 8.98. The van der Waals surface area contributed by atoms with Gasteiger partial charge in [-0.2, -0.15) is 0 Å². The molecule has 4 aromatic carbocycles. The lowest BCUT2D eigenvalue weighted by Gasteiger charge is -2.22. The lowest BCUT2D eigenvalue weighted by atomic mass is 9.98. The molecule has 0 atom stereocenters. The van der Waals surface area contributed by atoms with Crippen molar-refractivity contribution in [2.75, 3.05) is 11.9 Å². The van der Waals surface area contributed by atoms with E-state index in [0.717, 1.165) is 63.2 Å². The van der Waals surface area contributed by atoms with Gasteiger partial charge in [-0.1, -0.05) is 67.6 Å². The van der Waals surface area contributed by atoms with E-state index in [9.17, 15) is 9.90 Å². The fourth-order valence-electron chi connectivity index (χ4n) is 5.32. The highest BCUT2D eigenvalue weighted by molar-refractivity contribution is 6.09. The molecular weight excluding hydrogens is 496 g/mol. The summed E-state index contributed by atoms with van der Waals surface area (Å²) >= 11 is 0. The first-order valence-electron chi connectivity index (χ1n) is 13.6. The van der Waals surface area contributed by atoms with Crippen molar-refractivity contribution in [3.05, 3.63) is 119 Å². The van der Waals surface area contributed by atoms with Crippen LogP contribution in [0.15, 0.2) is 84.9 Å². The van der Waals surface area contributed by atoms with Gasteiger partial charge in [-0.05, 0) is 72.4 Å². The molecule has 0 fully saturated rings. The fourth-order valence-corrected chi connectivity index (χ4v) is 5.32. The lowest BCUT2D eigenvalue weighted by Crippen LogP contribution is -2.27. The molecule has 0 aliphatic carbocycles. The molecule has 0 radical (unpaired) electrons. The zero-order valence-corrected chi connectivity index (χ0v) is 23.4. The number of nitrogens with one attached hydrogen (secondary N) is 1. The molecule has 0 saturated carbocycles. The van der Waals surface area contributed by atoms with E-state index in [2.05, 4.69) is 55.7 Å². The fraction of sp³-hybridized carbons (Fsp3) is 0.206. The number of amidine groups is 1. The first-order chi connectivity index (χ1) is 19.3. The van der Waals surface area contributed by atoms with E-state index in [4.69, 9.17) is 10.4 Å². The molecule has 40 heavy (non-hydrogen) atoms. The molecule has 0 aliphatic rings. The van der Waals surface area contributed by atoms with Crippen LogP contribution in [-0.2, 0) is 13.0 Å². The largest absolute Gasteiger partial charge is 0.478 e. The van der Waals surface area contributed by atoms with E-state index >= 15 is 0 Å². The third-order valence-corrected chi connectivity index (χ3v) is 7.45. The molecule has 0 aliphatic heterocycles. The van der Waals surface area contributed by atoms with Crippen LogP contribution < -0.4 is 4.90 Å². The van der Waals surface area contributed by atoms with Crippen molar-refractivity contribution >= 4 is 28.5 Å². The van der Waals surface area contributed by atoms with Gasteiger partial charge in [0, 0.05) is 31.3 Å². The molecule has 0 bridgehead atoms. The number of hydrogen-bond acceptors (Lipinski definition) is 3. The van der Waals surface area contributed by atoms with E-state index in [1.807, 2.05) is 54.4 Å². The van der Waals surface area contributed by atoms with Crippen LogP contribution in [0, 0.1) is 19.3 Å². The average molecular weight is 531 g/mol. The number of imidazole rings is 1. The minimum Gasteiger partial charge on any atom is -0.478 e. The molecule has 6 heteroatoms. The summed E-state index contributed by atoms with van der Waals surface area (Å²) < 4.78 is 2.26. The van der Waals surface area contributed by atoms with Crippen molar-refractivity contribution < 1.29 is 9.90 Å². The van der Waals surface area contributed by atoms with Crippen LogP contribution in [0.1, 0.15) is 51.8 Å². The van der Waals surface area contributed by atoms with Gasteiger partial charge < -0.3 is 14.6 Å². The molecule has 6 nitrogen and oxygen atoms in total. The quantitative estimate of drug-likeness (QED) is 0.161. The van der Waals surface area contributed by atoms with Crippen molar-refractivity contribution in [2.45, 2.75) is 40.2 Å². The van der Waals surface area contributed by atoms with E-state index < -0.39 is 5.97 Å². The number of para-hydroxylation sites is 1. The molecule has 0 amide bonds. The van der Waals surface area contributed by atoms with Gasteiger partial charge in [0.1, 0.15) is 11.7 Å². The topological polar surface area (TPSA) is 82.2 Å². The summed E-state index contributed by atoms with van der Waals surface area (Å²) in [6, 6.07) is 27.4. The Morgan fingerprint density at radius 1 is 0.950 bits per heavy atom. The number of aryl methyl sites for hydroxylation is 3. The number of nitrogens with zero attached hydrogens (tertiary/aromatic N) is 3. The molecule has 0 saturated heterocycles. The Bertz CT molecular complexity index is 1720. The molecule has 1 aromatic heterocycles. The first-order valence-corrected chi connectivity index (χ1v) is 13.6. The van der Waals surface area contributed by atoms with Gasteiger partial charge in [0.2, 0.25) is 0 Å². The van der Waals surface area contributed by atoms with Gasteiger partial charge >= 0.3 is 5.97 Å². The number of carbonyl (C=O) groups is 1. The Morgan fingerprint density at radius 3 is 2.35 bits per heavy atom. The monoisotopic (exact) mass is 530 g/mol. The summed E-state index contributed by atoms with van der Waals surface area (Å²) in [5, 5.41) is 18.6. The SMILES string of the molecule is CCCc1nc2c(C)cc(C(=N)N(C)c3ccccc3C)cc2n1Cc1ccc(-c2ccccc2C(=O)O)cc1. The molecule has 0 unspecified atom stereocenters. The number of anilines is 1. The molecule has 5 aromatic rings. The van der Waals surface area contributed by atoms with Gasteiger partial charge in [0.25, 0.3) is 0 Å². The Labute approximate surface area is 235 Å². The zero-order valence-electron chi connectivity index (χ0n) is 23.4. The van der Waals surface area contributed by atoms with Crippen LogP contribution in [0.2, 0.25) is 0 Å². The van der Waals surface area contributed by atoms with Gasteiger partial charge in [-0.15, -0.1) is 0 Å². The second-order valence-electron chi connectivity index (χ2n) is 10.3. The van der Waals surface area contributed by atoms with Crippen LogP contribution >= 0.6 is 0 Å². The Morgan fingerprint density at radius 2 is 1.65 bits per heavy atom. The molecule has 202 valence electrons. The van der Waals surface area contributed by atoms with Gasteiger partial charge in [0.05, 0.1) is 16.6 Å². The van der Waals surface area contributed by atoms with Crippen LogP contribution in [0.4, 0.5) is 5.69 Å². The van der Waals surface area contributed by atoms with Crippen molar-refractivity contribution in [3.8, 4) is 11.1 Å². The summed E-state index contributed by atoms with van der Waals surface area (Å²) in [5.74, 6) is 0.529. The van der Waals surface area contributed by atoms with Crippen LogP contribution in [0.25, 0.3) is 22.2 Å². The molecule has 1 heterocycles. The number of fused-ring (bicyclic) bond motifs is 1. The van der Waals surface area contributed by atoms with Gasteiger partial charge in [-0.3, -0.25) is 5.41 Å². The summed E-state index contributed by atoms with van der Waals surface area (Å²) in [6.07, 6.45) is 1.83. The van der Waals surface area contributed by atoms with Gasteiger partial charge in [0.15, 0.2) is 0 Å². The summed E-state index contributed by atoms with van der Waals surface area (Å²) in [4.78, 5) is 18.7. The highest BCUT2D eigenvalue weighted by atomic mass is 16.4. The number of aromatic nitrogens is 2. The molecular formula is C34H34N4O2. The molecule has 2 N–H and O–H groups in total. The standard InChI is InChI=1S/C34H34N4O2/c1-5-10-31-36-32-23(3)19-26(33(35)37(4)29-14-9-6-11-22(29)2)20-30(32)38(31)21-24-15-17-25(18-16-24)27-12-7-8-13-28(27)34(39)40/h6-9,11-20,35H,5,10,21H2,1-4H3,(H,39,40). The maximum atomic E-state index is 11.7. The minimum atomic E-state index is -0.932. The molecule has 5 rings (SSSR count). The number of carboxylic acid groups (broad SMARTS) is 1. The van der Waals surface area contributed by atoms with E-state index in [0.29, 0.717) is 23.5 Å². The summed E-state index contributed by atoms with van der Waals surface area (Å²) in [7, 11) is 1.94. The maximum Gasteiger partial charge on any atom is 0.336 e. The van der Waals surface area contributed by atoms with Crippen LogP contribution in [-0.4, -0.2) is 33.5 Å². The van der Waals surface area contributed by atoms with Crippen molar-refractivity contribution in [2.24, 2.45) is 0 Å². The van der Waals surface area contributed by atoms with Crippen LogP contribution in [0.5, 0.6) is 0 Å². The third kappa shape index (κ3) is 5.13. The maximum absolute atomic E-state index is 11.7. The first kappa shape index (κ1) is 26.9. The second kappa shape index (κ2) is 11.2. The molecule has 0 spiro atoms.